The van der Waals surface area contributed by atoms with Crippen molar-refractivity contribution in [2.45, 2.75) is 57.8 Å². The number of ether oxygens (including phenoxy) is 2. The topological polar surface area (TPSA) is 40.2 Å². The van der Waals surface area contributed by atoms with Gasteiger partial charge in [-0.05, 0) is 58.1 Å². The number of likely N-dealkylation sites (tertiary alicyclic amines) is 1. The minimum absolute atomic E-state index is 0.331. The normalized spacial score (nSPS) is 23.3. The maximum atomic E-state index is 6.13. The van der Waals surface area contributed by atoms with Crippen LogP contribution in [0.2, 0.25) is 0 Å². The molecule has 3 rings (SSSR count). The highest BCUT2D eigenvalue weighted by Gasteiger charge is 2.51. The molecule has 0 unspecified atom stereocenters. The Morgan fingerprint density at radius 2 is 1.77 bits per heavy atom. The standard InChI is InChI=1S/C20H32BNO4/c1-19(2)20(3,4)26-21(25-19)16-7-6-8-18(15-16)24-14-13-22-11-9-17(23-5)10-12-22/h6-8,15,17H,9-14H2,1-5H3. The van der Waals surface area contributed by atoms with E-state index >= 15 is 0 Å². The molecule has 6 heteroatoms. The molecule has 0 spiro atoms. The van der Waals surface area contributed by atoms with Crippen LogP contribution in [0.3, 0.4) is 0 Å². The predicted octanol–water partition coefficient (Wildman–Crippen LogP) is 2.48. The van der Waals surface area contributed by atoms with Crippen LogP contribution in [-0.4, -0.2) is 62.7 Å². The van der Waals surface area contributed by atoms with E-state index in [1.165, 1.54) is 0 Å². The number of hydrogen-bond donors (Lipinski definition) is 0. The molecule has 0 N–H and O–H groups in total. The van der Waals surface area contributed by atoms with Gasteiger partial charge in [-0.2, -0.15) is 0 Å². The van der Waals surface area contributed by atoms with Gasteiger partial charge in [0.05, 0.1) is 17.3 Å². The summed E-state index contributed by atoms with van der Waals surface area (Å²) in [5, 5.41) is 0. The molecule has 0 atom stereocenters. The Hall–Kier alpha value is -1.08. The first-order chi connectivity index (χ1) is 12.3. The van der Waals surface area contributed by atoms with Gasteiger partial charge >= 0.3 is 7.12 Å². The Balaban J connectivity index is 1.51. The molecule has 0 bridgehead atoms. The fourth-order valence-corrected chi connectivity index (χ4v) is 3.39. The Morgan fingerprint density at radius 3 is 2.38 bits per heavy atom. The minimum atomic E-state index is -0.350. The molecule has 1 aromatic carbocycles. The third-order valence-corrected chi connectivity index (χ3v) is 5.93. The van der Waals surface area contributed by atoms with E-state index in [1.807, 2.05) is 24.3 Å². The van der Waals surface area contributed by atoms with Crippen LogP contribution in [0.4, 0.5) is 0 Å². The van der Waals surface area contributed by atoms with Crippen molar-refractivity contribution in [3.05, 3.63) is 24.3 Å². The van der Waals surface area contributed by atoms with Crippen LogP contribution in [0.25, 0.3) is 0 Å². The molecule has 1 aromatic rings. The number of hydrogen-bond acceptors (Lipinski definition) is 5. The highest BCUT2D eigenvalue weighted by Crippen LogP contribution is 2.36. The second-order valence-electron chi connectivity index (χ2n) is 8.29. The van der Waals surface area contributed by atoms with Crippen molar-refractivity contribution in [3.63, 3.8) is 0 Å². The summed E-state index contributed by atoms with van der Waals surface area (Å²) in [6.45, 7) is 12.1. The molecule has 5 nitrogen and oxygen atoms in total. The molecule has 0 saturated carbocycles. The van der Waals surface area contributed by atoms with E-state index in [0.29, 0.717) is 12.7 Å². The summed E-state index contributed by atoms with van der Waals surface area (Å²) in [4.78, 5) is 2.44. The van der Waals surface area contributed by atoms with Crippen molar-refractivity contribution < 1.29 is 18.8 Å². The summed E-state index contributed by atoms with van der Waals surface area (Å²) >= 11 is 0. The van der Waals surface area contributed by atoms with Crippen LogP contribution < -0.4 is 10.2 Å². The van der Waals surface area contributed by atoms with Gasteiger partial charge in [0, 0.05) is 26.7 Å². The zero-order valence-electron chi connectivity index (χ0n) is 16.8. The average Bonchev–Trinajstić information content (AvgIpc) is 2.84. The van der Waals surface area contributed by atoms with Gasteiger partial charge in [0.2, 0.25) is 0 Å². The molecule has 144 valence electrons. The van der Waals surface area contributed by atoms with Crippen LogP contribution >= 0.6 is 0 Å². The van der Waals surface area contributed by atoms with Crippen LogP contribution in [0.15, 0.2) is 24.3 Å². The zero-order chi connectivity index (χ0) is 18.8. The third-order valence-electron chi connectivity index (χ3n) is 5.93. The van der Waals surface area contributed by atoms with Gasteiger partial charge in [-0.15, -0.1) is 0 Å². The maximum Gasteiger partial charge on any atom is 0.494 e. The molecule has 2 fully saturated rings. The summed E-state index contributed by atoms with van der Waals surface area (Å²) in [5.74, 6) is 0.865. The molecule has 0 amide bonds. The number of rotatable bonds is 6. The van der Waals surface area contributed by atoms with Crippen LogP contribution in [0.1, 0.15) is 40.5 Å². The Bertz CT molecular complexity index is 583. The summed E-state index contributed by atoms with van der Waals surface area (Å²) in [6.07, 6.45) is 2.63. The molecule has 0 aromatic heterocycles. The molecule has 0 radical (unpaired) electrons. The van der Waals surface area contributed by atoms with Crippen LogP contribution in [-0.2, 0) is 14.0 Å². The molecular formula is C20H32BNO4. The maximum absolute atomic E-state index is 6.13. The fraction of sp³-hybridized carbons (Fsp3) is 0.700. The molecule has 26 heavy (non-hydrogen) atoms. The smallest absolute Gasteiger partial charge is 0.492 e. The van der Waals surface area contributed by atoms with E-state index in [4.69, 9.17) is 18.8 Å². The van der Waals surface area contributed by atoms with Crippen molar-refractivity contribution in [2.75, 3.05) is 33.4 Å². The van der Waals surface area contributed by atoms with E-state index in [9.17, 15) is 0 Å². The molecular weight excluding hydrogens is 329 g/mol. The van der Waals surface area contributed by atoms with Crippen LogP contribution in [0.5, 0.6) is 5.75 Å². The second-order valence-corrected chi connectivity index (χ2v) is 8.29. The lowest BCUT2D eigenvalue weighted by atomic mass is 9.79. The molecule has 0 aliphatic carbocycles. The summed E-state index contributed by atoms with van der Waals surface area (Å²) in [5.41, 5.74) is 0.341. The number of nitrogens with zero attached hydrogens (tertiary/aromatic N) is 1. The highest BCUT2D eigenvalue weighted by atomic mass is 16.7. The Morgan fingerprint density at radius 1 is 1.12 bits per heavy atom. The minimum Gasteiger partial charge on any atom is -0.492 e. The number of methoxy groups -OCH3 is 1. The predicted molar refractivity (Wildman–Crippen MR) is 104 cm³/mol. The first-order valence-corrected chi connectivity index (χ1v) is 9.64. The van der Waals surface area contributed by atoms with Gasteiger partial charge in [0.15, 0.2) is 0 Å². The summed E-state index contributed by atoms with van der Waals surface area (Å²) in [6, 6.07) is 8.05. The fourth-order valence-electron chi connectivity index (χ4n) is 3.39. The monoisotopic (exact) mass is 361 g/mol. The SMILES string of the molecule is COC1CCN(CCOc2cccc(B3OC(C)(C)C(C)(C)O3)c2)CC1. The van der Waals surface area contributed by atoms with E-state index in [0.717, 1.165) is 43.7 Å². The lowest BCUT2D eigenvalue weighted by Gasteiger charge is -2.32. The lowest BCUT2D eigenvalue weighted by Crippen LogP contribution is -2.41. The number of piperidine rings is 1. The zero-order valence-corrected chi connectivity index (χ0v) is 16.8. The van der Waals surface area contributed by atoms with E-state index < -0.39 is 0 Å². The van der Waals surface area contributed by atoms with Crippen molar-refractivity contribution in [1.29, 1.82) is 0 Å². The number of benzene rings is 1. The first-order valence-electron chi connectivity index (χ1n) is 9.64. The van der Waals surface area contributed by atoms with E-state index in [1.54, 1.807) is 7.11 Å². The largest absolute Gasteiger partial charge is 0.494 e. The van der Waals surface area contributed by atoms with Gasteiger partial charge in [-0.3, -0.25) is 4.90 Å². The molecule has 2 aliphatic heterocycles. The van der Waals surface area contributed by atoms with E-state index in [2.05, 4.69) is 32.6 Å². The average molecular weight is 361 g/mol. The lowest BCUT2D eigenvalue weighted by molar-refractivity contribution is 0.00578. The van der Waals surface area contributed by atoms with Gasteiger partial charge in [0.1, 0.15) is 12.4 Å². The Labute approximate surface area is 158 Å². The van der Waals surface area contributed by atoms with E-state index in [-0.39, 0.29) is 18.3 Å². The van der Waals surface area contributed by atoms with Gasteiger partial charge in [0.25, 0.3) is 0 Å². The Kier molecular flexibility index (Phi) is 5.97. The summed E-state index contributed by atoms with van der Waals surface area (Å²) < 4.78 is 23.7. The van der Waals surface area contributed by atoms with Crippen LogP contribution in [0, 0.1) is 0 Å². The van der Waals surface area contributed by atoms with Gasteiger partial charge in [-0.1, -0.05) is 12.1 Å². The van der Waals surface area contributed by atoms with Gasteiger partial charge < -0.3 is 18.8 Å². The summed E-state index contributed by atoms with van der Waals surface area (Å²) in [7, 11) is 1.45. The third kappa shape index (κ3) is 4.42. The quantitative estimate of drug-likeness (QED) is 0.728. The van der Waals surface area contributed by atoms with Crippen molar-refractivity contribution >= 4 is 12.6 Å². The molecule has 2 saturated heterocycles. The second kappa shape index (κ2) is 7.89. The van der Waals surface area contributed by atoms with Gasteiger partial charge in [-0.25, -0.2) is 0 Å². The highest BCUT2D eigenvalue weighted by molar-refractivity contribution is 6.62. The van der Waals surface area contributed by atoms with Crippen molar-refractivity contribution in [3.8, 4) is 5.75 Å². The molecule has 2 heterocycles. The van der Waals surface area contributed by atoms with Crippen molar-refractivity contribution in [2.24, 2.45) is 0 Å². The van der Waals surface area contributed by atoms with Crippen molar-refractivity contribution in [1.82, 2.24) is 4.90 Å². The first kappa shape index (κ1) is 19.7. The molecule has 2 aliphatic rings.